The van der Waals surface area contributed by atoms with E-state index in [-0.39, 0.29) is 0 Å². The minimum Gasteiger partial charge on any atom is -0.395 e. The first kappa shape index (κ1) is 30.8. The summed E-state index contributed by atoms with van der Waals surface area (Å²) in [5, 5.41) is 0. The number of aryl methyl sites for hydroxylation is 1. The largest absolute Gasteiger partial charge is 0.395 e. The molecule has 0 radical (unpaired) electrons. The molecule has 0 amide bonds. The molecular weight excluding hydrogens is 491 g/mol. The monoisotopic (exact) mass is 534 g/mol. The van der Waals surface area contributed by atoms with Crippen LogP contribution in [-0.2, 0) is 30.0 Å². The van der Waals surface area contributed by atoms with E-state index in [1.807, 2.05) is 19.9 Å². The average Bonchev–Trinajstić information content (AvgIpc) is 2.80. The first-order chi connectivity index (χ1) is 15.9. The summed E-state index contributed by atoms with van der Waals surface area (Å²) in [5.74, 6) is 1.14. The van der Waals surface area contributed by atoms with Crippen LogP contribution in [0.3, 0.4) is 0 Å². The van der Waals surface area contributed by atoms with Crippen LogP contribution in [0, 0.1) is 0 Å². The summed E-state index contributed by atoms with van der Waals surface area (Å²) in [4.78, 5) is 0. The van der Waals surface area contributed by atoms with Crippen LogP contribution in [-0.4, -0.2) is 49.4 Å². The number of unbranched alkanes of at least 4 members (excludes halogenated alkanes) is 2. The molecule has 0 N–H and O–H groups in total. The molecule has 0 aliphatic heterocycles. The predicted molar refractivity (Wildman–Crippen MR) is 146 cm³/mol. The molecule has 0 spiro atoms. The maximum Gasteiger partial charge on any atom is 0.335 e. The molecule has 8 heteroatoms. The number of rotatable bonds is 20. The van der Waals surface area contributed by atoms with E-state index >= 15 is 0 Å². The van der Waals surface area contributed by atoms with Crippen molar-refractivity contribution < 1.29 is 17.7 Å². The third-order valence-corrected chi connectivity index (χ3v) is 11.9. The topological polar surface area (TPSA) is 36.9 Å². The second kappa shape index (κ2) is 18.1. The molecule has 0 aliphatic carbocycles. The van der Waals surface area contributed by atoms with Crippen LogP contribution in [0.15, 0.2) is 36.4 Å². The zero-order valence-electron chi connectivity index (χ0n) is 21.0. The Hall–Kier alpha value is -0.186. The highest BCUT2D eigenvalue weighted by atomic mass is 35.5. The molecular formula is C25H44Cl2O4Si2. The van der Waals surface area contributed by atoms with Gasteiger partial charge in [-0.3, -0.25) is 0 Å². The Bertz CT molecular complexity index is 648. The first-order valence-electron chi connectivity index (χ1n) is 12.3. The standard InChI is InChI=1S/C25H44Cl2O4Si2/c1-5-28-32(3,21-11-9-7-8-10-18-26)30-19-12-20-31-33(4,29-6-2)22-17-24-13-15-25(23-27)16-14-24/h8,10,13-16H,5-7,9,11-12,17-23H2,1-4H3. The third-order valence-electron chi connectivity index (χ3n) is 5.56. The smallest absolute Gasteiger partial charge is 0.335 e. The minimum absolute atomic E-state index is 0.550. The van der Waals surface area contributed by atoms with Gasteiger partial charge in [-0.1, -0.05) is 42.8 Å². The van der Waals surface area contributed by atoms with Gasteiger partial charge in [-0.05, 0) is 75.8 Å². The number of hydrogen-bond donors (Lipinski definition) is 0. The van der Waals surface area contributed by atoms with Crippen molar-refractivity contribution in [1.82, 2.24) is 0 Å². The van der Waals surface area contributed by atoms with Gasteiger partial charge in [-0.2, -0.15) is 0 Å². The molecule has 0 bridgehead atoms. The van der Waals surface area contributed by atoms with E-state index < -0.39 is 17.1 Å². The number of benzene rings is 1. The van der Waals surface area contributed by atoms with E-state index in [0.717, 1.165) is 49.8 Å². The molecule has 2 unspecified atom stereocenters. The highest BCUT2D eigenvalue weighted by Gasteiger charge is 2.32. The van der Waals surface area contributed by atoms with Gasteiger partial charge in [0.05, 0.1) is 0 Å². The van der Waals surface area contributed by atoms with Crippen LogP contribution < -0.4 is 0 Å². The molecule has 0 heterocycles. The first-order valence-corrected chi connectivity index (χ1v) is 18.4. The SMILES string of the molecule is CCO[Si](C)(CCCCC=CCCl)OCCCO[Si](C)(CCc1ccc(CCl)cc1)OCC. The number of allylic oxidation sites excluding steroid dienone is 2. The summed E-state index contributed by atoms with van der Waals surface area (Å²) in [6, 6.07) is 10.4. The molecule has 0 fully saturated rings. The van der Waals surface area contributed by atoms with E-state index in [0.29, 0.717) is 38.2 Å². The Morgan fingerprint density at radius 3 is 1.85 bits per heavy atom. The Labute approximate surface area is 214 Å². The lowest BCUT2D eigenvalue weighted by atomic mass is 10.1. The lowest BCUT2D eigenvalue weighted by molar-refractivity contribution is 0.144. The van der Waals surface area contributed by atoms with Crippen LogP contribution in [0.5, 0.6) is 0 Å². The van der Waals surface area contributed by atoms with Crippen molar-refractivity contribution in [2.75, 3.05) is 32.3 Å². The lowest BCUT2D eigenvalue weighted by Crippen LogP contribution is -2.41. The van der Waals surface area contributed by atoms with E-state index in [4.69, 9.17) is 40.9 Å². The Kier molecular flexibility index (Phi) is 16.9. The van der Waals surface area contributed by atoms with E-state index in [1.165, 1.54) is 5.56 Å². The van der Waals surface area contributed by atoms with Gasteiger partial charge in [0.2, 0.25) is 0 Å². The second-order valence-corrected chi connectivity index (χ2v) is 15.8. The molecule has 2 atom stereocenters. The quantitative estimate of drug-likeness (QED) is 0.0747. The molecule has 190 valence electrons. The Balaban J connectivity index is 2.40. The van der Waals surface area contributed by atoms with E-state index in [1.54, 1.807) is 0 Å². The van der Waals surface area contributed by atoms with Gasteiger partial charge in [0.15, 0.2) is 0 Å². The molecule has 33 heavy (non-hydrogen) atoms. The Morgan fingerprint density at radius 2 is 1.30 bits per heavy atom. The molecule has 4 nitrogen and oxygen atoms in total. The molecule has 1 aromatic carbocycles. The summed E-state index contributed by atoms with van der Waals surface area (Å²) >= 11 is 11.6. The van der Waals surface area contributed by atoms with Gasteiger partial charge in [0.1, 0.15) is 0 Å². The highest BCUT2D eigenvalue weighted by Crippen LogP contribution is 2.21. The van der Waals surface area contributed by atoms with Gasteiger partial charge in [0, 0.05) is 38.2 Å². The fraction of sp³-hybridized carbons (Fsp3) is 0.680. The Morgan fingerprint density at radius 1 is 0.727 bits per heavy atom. The lowest BCUT2D eigenvalue weighted by Gasteiger charge is -2.28. The van der Waals surface area contributed by atoms with Crippen LogP contribution in [0.25, 0.3) is 0 Å². The van der Waals surface area contributed by atoms with Gasteiger partial charge >= 0.3 is 17.1 Å². The summed E-state index contributed by atoms with van der Waals surface area (Å²) in [6.45, 7) is 11.1. The molecule has 0 aromatic heterocycles. The van der Waals surface area contributed by atoms with Crippen molar-refractivity contribution in [2.24, 2.45) is 0 Å². The number of alkyl halides is 2. The van der Waals surface area contributed by atoms with Crippen LogP contribution in [0.2, 0.25) is 25.2 Å². The van der Waals surface area contributed by atoms with E-state index in [2.05, 4.69) is 43.4 Å². The van der Waals surface area contributed by atoms with Crippen molar-refractivity contribution in [2.45, 2.75) is 77.0 Å². The predicted octanol–water partition coefficient (Wildman–Crippen LogP) is 7.57. The van der Waals surface area contributed by atoms with E-state index in [9.17, 15) is 0 Å². The average molecular weight is 536 g/mol. The fourth-order valence-electron chi connectivity index (χ4n) is 3.67. The molecule has 1 rings (SSSR count). The molecule has 0 saturated carbocycles. The zero-order valence-corrected chi connectivity index (χ0v) is 24.6. The summed E-state index contributed by atoms with van der Waals surface area (Å²) in [7, 11) is -4.35. The molecule has 0 aliphatic rings. The van der Waals surface area contributed by atoms with Gasteiger partial charge < -0.3 is 17.7 Å². The molecule has 1 aromatic rings. The second-order valence-electron chi connectivity index (χ2n) is 8.51. The summed E-state index contributed by atoms with van der Waals surface area (Å²) in [5.41, 5.74) is 2.44. The third kappa shape index (κ3) is 14.1. The van der Waals surface area contributed by atoms with Crippen molar-refractivity contribution in [3.63, 3.8) is 0 Å². The van der Waals surface area contributed by atoms with Crippen LogP contribution in [0.1, 0.15) is 50.7 Å². The van der Waals surface area contributed by atoms with Crippen molar-refractivity contribution in [3.8, 4) is 0 Å². The van der Waals surface area contributed by atoms with Crippen molar-refractivity contribution in [1.29, 1.82) is 0 Å². The van der Waals surface area contributed by atoms with Crippen LogP contribution >= 0.6 is 23.2 Å². The maximum absolute atomic E-state index is 6.32. The van der Waals surface area contributed by atoms with Gasteiger partial charge in [0.25, 0.3) is 0 Å². The fourth-order valence-corrected chi connectivity index (χ4v) is 8.73. The maximum atomic E-state index is 6.32. The van der Waals surface area contributed by atoms with Crippen LogP contribution in [0.4, 0.5) is 0 Å². The number of hydrogen-bond acceptors (Lipinski definition) is 4. The van der Waals surface area contributed by atoms with Gasteiger partial charge in [-0.15, -0.1) is 23.2 Å². The molecule has 0 saturated heterocycles. The van der Waals surface area contributed by atoms with Crippen molar-refractivity contribution >= 4 is 40.3 Å². The number of halogens is 2. The normalized spacial score (nSPS) is 15.6. The summed E-state index contributed by atoms with van der Waals surface area (Å²) < 4.78 is 24.8. The van der Waals surface area contributed by atoms with Crippen molar-refractivity contribution in [3.05, 3.63) is 47.5 Å². The van der Waals surface area contributed by atoms with Gasteiger partial charge in [-0.25, -0.2) is 0 Å². The zero-order chi connectivity index (χ0) is 24.4. The minimum atomic E-state index is -2.22. The highest BCUT2D eigenvalue weighted by molar-refractivity contribution is 6.66. The summed E-state index contributed by atoms with van der Waals surface area (Å²) in [6.07, 6.45) is 9.29.